The van der Waals surface area contributed by atoms with Crippen LogP contribution in [-0.2, 0) is 14.3 Å². The first kappa shape index (κ1) is 13.4. The predicted octanol–water partition coefficient (Wildman–Crippen LogP) is -0.109. The number of carbonyl (C=O) groups is 1. The van der Waals surface area contributed by atoms with Crippen molar-refractivity contribution in [1.29, 1.82) is 0 Å². The van der Waals surface area contributed by atoms with E-state index in [1.54, 1.807) is 0 Å². The molecule has 3 N–H and O–H groups in total. The third-order valence-corrected chi connectivity index (χ3v) is 2.68. The van der Waals surface area contributed by atoms with Crippen molar-refractivity contribution in [1.82, 2.24) is 5.32 Å². The second-order valence-electron chi connectivity index (χ2n) is 4.72. The van der Waals surface area contributed by atoms with E-state index in [1.807, 2.05) is 20.8 Å². The molecule has 1 heterocycles. The highest BCUT2D eigenvalue weighted by molar-refractivity contribution is 5.79. The third kappa shape index (κ3) is 3.73. The molecule has 1 aliphatic rings. The number of hydrogen-bond donors (Lipinski definition) is 2. The van der Waals surface area contributed by atoms with Gasteiger partial charge in [-0.25, -0.2) is 0 Å². The van der Waals surface area contributed by atoms with Crippen LogP contribution in [0.25, 0.3) is 0 Å². The molecule has 0 aromatic heterocycles. The van der Waals surface area contributed by atoms with Crippen LogP contribution in [0.5, 0.6) is 0 Å². The summed E-state index contributed by atoms with van der Waals surface area (Å²) in [5.41, 5.74) is 5.42. The van der Waals surface area contributed by atoms with E-state index in [2.05, 4.69) is 5.32 Å². The fourth-order valence-electron chi connectivity index (χ4n) is 1.71. The summed E-state index contributed by atoms with van der Waals surface area (Å²) in [6, 6.07) is -0.185. The Hall–Kier alpha value is -0.650. The second kappa shape index (κ2) is 5.61. The Morgan fingerprint density at radius 2 is 2.25 bits per heavy atom. The van der Waals surface area contributed by atoms with Crippen LogP contribution in [-0.4, -0.2) is 43.9 Å². The van der Waals surface area contributed by atoms with E-state index < -0.39 is 0 Å². The molecule has 2 atom stereocenters. The van der Waals surface area contributed by atoms with Gasteiger partial charge in [-0.05, 0) is 20.8 Å². The van der Waals surface area contributed by atoms with Crippen molar-refractivity contribution in [3.8, 4) is 0 Å². The van der Waals surface area contributed by atoms with Crippen molar-refractivity contribution in [2.45, 2.75) is 32.4 Å². The zero-order valence-corrected chi connectivity index (χ0v) is 10.3. The Morgan fingerprint density at radius 3 is 2.75 bits per heavy atom. The third-order valence-electron chi connectivity index (χ3n) is 2.68. The number of nitrogens with two attached hydrogens (primary N) is 1. The van der Waals surface area contributed by atoms with Crippen molar-refractivity contribution < 1.29 is 14.3 Å². The van der Waals surface area contributed by atoms with Crippen LogP contribution in [0.1, 0.15) is 20.8 Å². The smallest absolute Gasteiger partial charge is 0.227 e. The van der Waals surface area contributed by atoms with Crippen LogP contribution in [0.3, 0.4) is 0 Å². The minimum absolute atomic E-state index is 0.0437. The maximum atomic E-state index is 11.8. The zero-order chi connectivity index (χ0) is 12.2. The molecule has 5 nitrogen and oxygen atoms in total. The highest BCUT2D eigenvalue weighted by Crippen LogP contribution is 2.12. The van der Waals surface area contributed by atoms with Gasteiger partial charge >= 0.3 is 0 Å². The summed E-state index contributed by atoms with van der Waals surface area (Å²) in [6.45, 7) is 7.83. The van der Waals surface area contributed by atoms with E-state index >= 15 is 0 Å². The lowest BCUT2D eigenvalue weighted by Gasteiger charge is -2.26. The molecule has 16 heavy (non-hydrogen) atoms. The molecule has 0 bridgehead atoms. The predicted molar refractivity (Wildman–Crippen MR) is 61.0 cm³/mol. The summed E-state index contributed by atoms with van der Waals surface area (Å²) >= 11 is 0. The fraction of sp³-hybridized carbons (Fsp3) is 0.909. The molecule has 0 aliphatic carbocycles. The van der Waals surface area contributed by atoms with Gasteiger partial charge in [0.05, 0.1) is 24.7 Å². The maximum absolute atomic E-state index is 11.8. The number of rotatable bonds is 5. The van der Waals surface area contributed by atoms with Gasteiger partial charge in [0.2, 0.25) is 5.91 Å². The van der Waals surface area contributed by atoms with E-state index in [4.69, 9.17) is 15.2 Å². The lowest BCUT2D eigenvalue weighted by molar-refractivity contribution is -0.126. The second-order valence-corrected chi connectivity index (χ2v) is 4.72. The molecule has 2 unspecified atom stereocenters. The van der Waals surface area contributed by atoms with Gasteiger partial charge in [0.25, 0.3) is 0 Å². The van der Waals surface area contributed by atoms with Crippen molar-refractivity contribution in [2.24, 2.45) is 11.7 Å². The van der Waals surface area contributed by atoms with Crippen LogP contribution in [0.15, 0.2) is 0 Å². The van der Waals surface area contributed by atoms with Gasteiger partial charge in [-0.1, -0.05) is 0 Å². The highest BCUT2D eigenvalue weighted by atomic mass is 16.5. The quantitative estimate of drug-likeness (QED) is 0.691. The summed E-state index contributed by atoms with van der Waals surface area (Å²) in [5, 5.41) is 2.86. The Labute approximate surface area is 96.7 Å². The van der Waals surface area contributed by atoms with Gasteiger partial charge in [-0.3, -0.25) is 4.79 Å². The van der Waals surface area contributed by atoms with Gasteiger partial charge in [0.15, 0.2) is 0 Å². The Balaban J connectivity index is 2.34. The minimum atomic E-state index is -0.339. The first-order valence-electron chi connectivity index (χ1n) is 5.71. The fourth-order valence-corrected chi connectivity index (χ4v) is 1.71. The van der Waals surface area contributed by atoms with Crippen molar-refractivity contribution in [3.05, 3.63) is 0 Å². The van der Waals surface area contributed by atoms with Gasteiger partial charge < -0.3 is 20.5 Å². The Bertz CT molecular complexity index is 243. The first-order valence-corrected chi connectivity index (χ1v) is 5.71. The van der Waals surface area contributed by atoms with E-state index in [1.165, 1.54) is 0 Å². The minimum Gasteiger partial charge on any atom is -0.379 e. The molecular formula is C11H22N2O3. The number of amides is 1. The topological polar surface area (TPSA) is 73.6 Å². The van der Waals surface area contributed by atoms with Crippen molar-refractivity contribution in [3.63, 3.8) is 0 Å². The highest BCUT2D eigenvalue weighted by Gasteiger charge is 2.32. The van der Waals surface area contributed by atoms with Crippen molar-refractivity contribution >= 4 is 5.91 Å². The molecule has 0 radical (unpaired) electrons. The summed E-state index contributed by atoms with van der Waals surface area (Å²) in [7, 11) is 0. The molecule has 1 fully saturated rings. The van der Waals surface area contributed by atoms with Gasteiger partial charge in [0, 0.05) is 19.2 Å². The number of nitrogens with one attached hydrogen (secondary N) is 1. The SMILES string of the molecule is CCOC(C)(C)CNC(=O)C1COCC1N. The van der Waals surface area contributed by atoms with E-state index in [9.17, 15) is 4.79 Å². The van der Waals surface area contributed by atoms with Crippen LogP contribution in [0.4, 0.5) is 0 Å². The summed E-state index contributed by atoms with van der Waals surface area (Å²) < 4.78 is 10.6. The Morgan fingerprint density at radius 1 is 1.56 bits per heavy atom. The van der Waals surface area contributed by atoms with E-state index in [0.717, 1.165) is 0 Å². The van der Waals surface area contributed by atoms with Gasteiger partial charge in [0.1, 0.15) is 0 Å². The number of hydrogen-bond acceptors (Lipinski definition) is 4. The average molecular weight is 230 g/mol. The molecule has 5 heteroatoms. The monoisotopic (exact) mass is 230 g/mol. The largest absolute Gasteiger partial charge is 0.379 e. The molecule has 0 aromatic rings. The number of carbonyl (C=O) groups excluding carboxylic acids is 1. The van der Waals surface area contributed by atoms with Crippen LogP contribution >= 0.6 is 0 Å². The molecule has 0 saturated carbocycles. The average Bonchev–Trinajstić information content (AvgIpc) is 2.61. The lowest BCUT2D eigenvalue weighted by atomic mass is 10.0. The molecular weight excluding hydrogens is 208 g/mol. The number of ether oxygens (including phenoxy) is 2. The summed E-state index contributed by atoms with van der Waals surface area (Å²) in [6.07, 6.45) is 0. The molecule has 94 valence electrons. The van der Waals surface area contributed by atoms with Gasteiger partial charge in [-0.15, -0.1) is 0 Å². The van der Waals surface area contributed by atoms with Gasteiger partial charge in [-0.2, -0.15) is 0 Å². The molecule has 1 amide bonds. The van der Waals surface area contributed by atoms with Crippen LogP contribution in [0, 0.1) is 5.92 Å². The van der Waals surface area contributed by atoms with Crippen LogP contribution in [0.2, 0.25) is 0 Å². The molecule has 1 rings (SSSR count). The summed E-state index contributed by atoms with van der Waals surface area (Å²) in [4.78, 5) is 11.8. The van der Waals surface area contributed by atoms with E-state index in [-0.39, 0.29) is 23.5 Å². The van der Waals surface area contributed by atoms with E-state index in [0.29, 0.717) is 26.4 Å². The van der Waals surface area contributed by atoms with Crippen molar-refractivity contribution in [2.75, 3.05) is 26.4 Å². The summed E-state index contributed by atoms with van der Waals surface area (Å²) in [5.74, 6) is -0.268. The molecule has 0 spiro atoms. The van der Waals surface area contributed by atoms with Crippen LogP contribution < -0.4 is 11.1 Å². The molecule has 1 saturated heterocycles. The Kier molecular flexibility index (Phi) is 4.70. The molecule has 0 aromatic carbocycles. The standard InChI is InChI=1S/C11H22N2O3/c1-4-16-11(2,3)7-13-10(14)8-5-15-6-9(8)12/h8-9H,4-7,12H2,1-3H3,(H,13,14). The zero-order valence-electron chi connectivity index (χ0n) is 10.3. The molecule has 1 aliphatic heterocycles. The maximum Gasteiger partial charge on any atom is 0.227 e. The first-order chi connectivity index (χ1) is 7.46. The lowest BCUT2D eigenvalue weighted by Crippen LogP contribution is -2.46. The normalized spacial score (nSPS) is 25.8.